The summed E-state index contributed by atoms with van der Waals surface area (Å²) >= 11 is 1.91. The summed E-state index contributed by atoms with van der Waals surface area (Å²) in [4.78, 5) is 0. The summed E-state index contributed by atoms with van der Waals surface area (Å²) in [5.41, 5.74) is 13.1. The van der Waals surface area contributed by atoms with Crippen LogP contribution in [0.25, 0.3) is 97.0 Å². The monoisotopic (exact) mass is 678 g/mol. The van der Waals surface area contributed by atoms with Gasteiger partial charge in [0.1, 0.15) is 0 Å². The molecule has 1 aromatic heterocycles. The number of benzene rings is 9. The first-order chi connectivity index (χ1) is 25.5. The van der Waals surface area contributed by atoms with E-state index in [1.807, 2.05) is 11.3 Å². The van der Waals surface area contributed by atoms with Gasteiger partial charge in [-0.1, -0.05) is 153 Å². The molecule has 0 amide bonds. The Hall–Kier alpha value is -6.02. The van der Waals surface area contributed by atoms with Gasteiger partial charge in [-0.2, -0.15) is 0 Å². The average Bonchev–Trinajstić information content (AvgIpc) is 3.68. The van der Waals surface area contributed by atoms with Crippen LogP contribution < -0.4 is 0 Å². The summed E-state index contributed by atoms with van der Waals surface area (Å²) in [7, 11) is 0. The number of hydrogen-bond acceptors (Lipinski definition) is 1. The van der Waals surface area contributed by atoms with E-state index < -0.39 is 0 Å². The Balaban J connectivity index is 1.13. The zero-order valence-corrected chi connectivity index (χ0v) is 29.9. The van der Waals surface area contributed by atoms with Crippen molar-refractivity contribution in [3.05, 3.63) is 181 Å². The van der Waals surface area contributed by atoms with Crippen molar-refractivity contribution in [2.24, 2.45) is 0 Å². The van der Waals surface area contributed by atoms with Gasteiger partial charge in [-0.15, -0.1) is 11.3 Å². The molecule has 10 aromatic rings. The smallest absolute Gasteiger partial charge is 0.0358 e. The van der Waals surface area contributed by atoms with Crippen LogP contribution in [-0.4, -0.2) is 0 Å². The molecule has 0 nitrogen and oxygen atoms in total. The molecular weight excluding hydrogens is 645 g/mol. The molecule has 0 radical (unpaired) electrons. The number of thiophene rings is 1. The van der Waals surface area contributed by atoms with E-state index in [0.717, 1.165) is 0 Å². The van der Waals surface area contributed by atoms with Gasteiger partial charge in [0.05, 0.1) is 0 Å². The van der Waals surface area contributed by atoms with Crippen LogP contribution in [0.4, 0.5) is 0 Å². The fraction of sp³-hybridized carbons (Fsp3) is 0.0588. The highest BCUT2D eigenvalue weighted by Crippen LogP contribution is 2.55. The Labute approximate surface area is 307 Å². The summed E-state index contributed by atoms with van der Waals surface area (Å²) in [5, 5.41) is 10.4. The van der Waals surface area contributed by atoms with Gasteiger partial charge < -0.3 is 0 Å². The van der Waals surface area contributed by atoms with Gasteiger partial charge in [0, 0.05) is 25.6 Å². The standard InChI is InChI=1S/C51H34S/c1-51(2)44-26-24-36(30-43(44)41-25-27-46-49(50(41)51)42-20-9-10-21-45(42)52-46)48-39-18-7-5-16-37(39)47(38-17-6-8-19-40(38)48)35-15-11-14-33(29-35)34-23-22-31-12-3-4-13-32(31)28-34/h3-30H,1-2H3. The van der Waals surface area contributed by atoms with Crippen molar-refractivity contribution in [2.45, 2.75) is 19.3 Å². The molecular formula is C51H34S. The van der Waals surface area contributed by atoms with E-state index in [4.69, 9.17) is 0 Å². The lowest BCUT2D eigenvalue weighted by Gasteiger charge is -2.23. The summed E-state index contributed by atoms with van der Waals surface area (Å²) in [6.07, 6.45) is 0. The predicted molar refractivity (Wildman–Crippen MR) is 226 cm³/mol. The third-order valence-corrected chi connectivity index (χ3v) is 12.7. The molecule has 1 aliphatic carbocycles. The maximum absolute atomic E-state index is 2.48. The lowest BCUT2D eigenvalue weighted by Crippen LogP contribution is -2.15. The Morgan fingerprint density at radius 3 is 1.69 bits per heavy atom. The number of hydrogen-bond donors (Lipinski definition) is 0. The van der Waals surface area contributed by atoms with Crippen LogP contribution in [0.3, 0.4) is 0 Å². The van der Waals surface area contributed by atoms with Crippen LogP contribution in [0.15, 0.2) is 170 Å². The van der Waals surface area contributed by atoms with Crippen molar-refractivity contribution in [1.29, 1.82) is 0 Å². The molecule has 0 aliphatic heterocycles. The van der Waals surface area contributed by atoms with E-state index in [0.29, 0.717) is 0 Å². The first kappa shape index (κ1) is 29.7. The molecule has 0 bridgehead atoms. The predicted octanol–water partition coefficient (Wildman–Crippen LogP) is 14.8. The van der Waals surface area contributed by atoms with E-state index in [1.54, 1.807) is 0 Å². The quantitative estimate of drug-likeness (QED) is 0.163. The van der Waals surface area contributed by atoms with E-state index in [2.05, 4.69) is 184 Å². The molecule has 0 N–H and O–H groups in total. The molecule has 0 unspecified atom stereocenters. The summed E-state index contributed by atoms with van der Waals surface area (Å²) in [6.45, 7) is 4.82. The van der Waals surface area contributed by atoms with Crippen molar-refractivity contribution in [3.8, 4) is 44.5 Å². The molecule has 244 valence electrons. The third kappa shape index (κ3) is 4.21. The highest BCUT2D eigenvalue weighted by atomic mass is 32.1. The second kappa shape index (κ2) is 11.0. The summed E-state index contributed by atoms with van der Waals surface area (Å²) in [5.74, 6) is 0. The van der Waals surface area contributed by atoms with E-state index in [-0.39, 0.29) is 5.41 Å². The van der Waals surface area contributed by atoms with Crippen molar-refractivity contribution in [2.75, 3.05) is 0 Å². The second-order valence-corrected chi connectivity index (χ2v) is 15.9. The molecule has 0 saturated carbocycles. The van der Waals surface area contributed by atoms with Crippen LogP contribution in [0.5, 0.6) is 0 Å². The molecule has 1 aliphatic rings. The summed E-state index contributed by atoms with van der Waals surface area (Å²) < 4.78 is 2.73. The fourth-order valence-corrected chi connectivity index (χ4v) is 10.4. The Morgan fingerprint density at radius 2 is 0.962 bits per heavy atom. The number of fused-ring (bicyclic) bond motifs is 10. The largest absolute Gasteiger partial charge is 0.135 e. The molecule has 9 aromatic carbocycles. The molecule has 0 spiro atoms. The minimum Gasteiger partial charge on any atom is -0.135 e. The SMILES string of the molecule is CC1(C)c2ccc(-c3c4ccccc4c(-c4cccc(-c5ccc6ccccc6c5)c4)c4ccccc34)cc2-c2ccc3sc4ccccc4c3c21. The average molecular weight is 679 g/mol. The lowest BCUT2D eigenvalue weighted by molar-refractivity contribution is 0.667. The molecule has 11 rings (SSSR count). The van der Waals surface area contributed by atoms with Gasteiger partial charge in [-0.05, 0) is 118 Å². The summed E-state index contributed by atoms with van der Waals surface area (Å²) in [6, 6.07) is 63.5. The van der Waals surface area contributed by atoms with Gasteiger partial charge >= 0.3 is 0 Å². The molecule has 52 heavy (non-hydrogen) atoms. The molecule has 1 heterocycles. The zero-order valence-electron chi connectivity index (χ0n) is 29.1. The Bertz CT molecular complexity index is 3040. The van der Waals surface area contributed by atoms with E-state index in [9.17, 15) is 0 Å². The van der Waals surface area contributed by atoms with Crippen LogP contribution in [0.2, 0.25) is 0 Å². The highest BCUT2D eigenvalue weighted by Gasteiger charge is 2.38. The molecule has 0 atom stereocenters. The normalized spacial score (nSPS) is 13.3. The van der Waals surface area contributed by atoms with Gasteiger partial charge in [0.2, 0.25) is 0 Å². The van der Waals surface area contributed by atoms with E-state index in [1.165, 1.54) is 108 Å². The molecule has 1 heteroatoms. The van der Waals surface area contributed by atoms with Gasteiger partial charge in [0.25, 0.3) is 0 Å². The fourth-order valence-electron chi connectivity index (χ4n) is 9.27. The first-order valence-electron chi connectivity index (χ1n) is 18.2. The van der Waals surface area contributed by atoms with Crippen LogP contribution in [0.1, 0.15) is 25.0 Å². The van der Waals surface area contributed by atoms with Crippen molar-refractivity contribution in [1.82, 2.24) is 0 Å². The van der Waals surface area contributed by atoms with Crippen molar-refractivity contribution < 1.29 is 0 Å². The Morgan fingerprint density at radius 1 is 0.385 bits per heavy atom. The third-order valence-electron chi connectivity index (χ3n) is 11.6. The van der Waals surface area contributed by atoms with Crippen molar-refractivity contribution >= 4 is 63.8 Å². The van der Waals surface area contributed by atoms with Gasteiger partial charge in [0.15, 0.2) is 0 Å². The van der Waals surface area contributed by atoms with Crippen LogP contribution in [-0.2, 0) is 5.41 Å². The molecule has 0 saturated heterocycles. The number of rotatable bonds is 3. The zero-order chi connectivity index (χ0) is 34.6. The highest BCUT2D eigenvalue weighted by molar-refractivity contribution is 7.25. The lowest BCUT2D eigenvalue weighted by atomic mass is 9.80. The molecule has 0 fully saturated rings. The maximum atomic E-state index is 2.48. The minimum atomic E-state index is -0.101. The van der Waals surface area contributed by atoms with Crippen LogP contribution >= 0.6 is 11.3 Å². The van der Waals surface area contributed by atoms with Gasteiger partial charge in [-0.25, -0.2) is 0 Å². The second-order valence-electron chi connectivity index (χ2n) is 14.8. The Kier molecular flexibility index (Phi) is 6.27. The maximum Gasteiger partial charge on any atom is 0.0358 e. The van der Waals surface area contributed by atoms with Crippen molar-refractivity contribution in [3.63, 3.8) is 0 Å². The van der Waals surface area contributed by atoms with Gasteiger partial charge in [-0.3, -0.25) is 0 Å². The van der Waals surface area contributed by atoms with E-state index >= 15 is 0 Å². The first-order valence-corrected chi connectivity index (χ1v) is 19.0. The topological polar surface area (TPSA) is 0 Å². The van der Waals surface area contributed by atoms with Crippen LogP contribution in [0, 0.1) is 0 Å². The minimum absolute atomic E-state index is 0.101.